The van der Waals surface area contributed by atoms with Gasteiger partial charge in [-0.15, -0.1) is 11.3 Å². The molecule has 0 fully saturated rings. The van der Waals surface area contributed by atoms with Crippen molar-refractivity contribution < 1.29 is 19.4 Å². The summed E-state index contributed by atoms with van der Waals surface area (Å²) in [5.41, 5.74) is 2.04. The van der Waals surface area contributed by atoms with Gasteiger partial charge >= 0.3 is 5.97 Å². The SMILES string of the molecule is Cc1cc(OCc2sc(Br)cc2C)ccc1OCC(=O)O. The average Bonchev–Trinajstić information content (AvgIpc) is 2.73. The first kappa shape index (κ1) is 15.9. The van der Waals surface area contributed by atoms with Gasteiger partial charge < -0.3 is 14.6 Å². The second-order valence-electron chi connectivity index (χ2n) is 4.56. The zero-order valence-electron chi connectivity index (χ0n) is 11.7. The van der Waals surface area contributed by atoms with E-state index < -0.39 is 5.97 Å². The fourth-order valence-electron chi connectivity index (χ4n) is 1.78. The maximum Gasteiger partial charge on any atom is 0.341 e. The van der Waals surface area contributed by atoms with Crippen LogP contribution in [0.15, 0.2) is 28.1 Å². The topological polar surface area (TPSA) is 55.8 Å². The predicted octanol–water partition coefficient (Wildman–Crippen LogP) is 4.17. The van der Waals surface area contributed by atoms with Crippen LogP contribution >= 0.6 is 27.3 Å². The number of hydrogen-bond acceptors (Lipinski definition) is 4. The molecule has 0 atom stereocenters. The van der Waals surface area contributed by atoms with E-state index in [0.29, 0.717) is 12.4 Å². The fourth-order valence-corrected chi connectivity index (χ4v) is 3.52. The summed E-state index contributed by atoms with van der Waals surface area (Å²) in [7, 11) is 0. The molecule has 0 radical (unpaired) electrons. The van der Waals surface area contributed by atoms with Gasteiger partial charge in [0.25, 0.3) is 0 Å². The summed E-state index contributed by atoms with van der Waals surface area (Å²) in [5.74, 6) is 0.298. The Labute approximate surface area is 135 Å². The maximum absolute atomic E-state index is 10.5. The van der Waals surface area contributed by atoms with E-state index in [1.165, 1.54) is 10.4 Å². The number of carboxylic acid groups (broad SMARTS) is 1. The van der Waals surface area contributed by atoms with E-state index in [1.807, 2.05) is 19.9 Å². The molecule has 0 aliphatic heterocycles. The van der Waals surface area contributed by atoms with Gasteiger partial charge in [0.2, 0.25) is 0 Å². The van der Waals surface area contributed by atoms with Gasteiger partial charge in [0, 0.05) is 4.88 Å². The van der Waals surface area contributed by atoms with Crippen molar-refractivity contribution in [2.24, 2.45) is 0 Å². The monoisotopic (exact) mass is 370 g/mol. The molecule has 21 heavy (non-hydrogen) atoms. The third-order valence-corrected chi connectivity index (χ3v) is 4.57. The lowest BCUT2D eigenvalue weighted by molar-refractivity contribution is -0.139. The van der Waals surface area contributed by atoms with Gasteiger partial charge in [0.1, 0.15) is 18.1 Å². The van der Waals surface area contributed by atoms with Crippen LogP contribution < -0.4 is 9.47 Å². The average molecular weight is 371 g/mol. The highest BCUT2D eigenvalue weighted by Crippen LogP contribution is 2.29. The number of aryl methyl sites for hydroxylation is 2. The molecule has 2 rings (SSSR count). The number of halogens is 1. The number of aliphatic carboxylic acids is 1. The largest absolute Gasteiger partial charge is 0.488 e. The number of thiophene rings is 1. The van der Waals surface area contributed by atoms with Crippen molar-refractivity contribution in [2.45, 2.75) is 20.5 Å². The molecule has 0 unspecified atom stereocenters. The zero-order valence-corrected chi connectivity index (χ0v) is 14.1. The summed E-state index contributed by atoms with van der Waals surface area (Å²) in [6, 6.07) is 7.42. The molecule has 1 aromatic carbocycles. The zero-order chi connectivity index (χ0) is 15.4. The first-order valence-corrected chi connectivity index (χ1v) is 7.89. The van der Waals surface area contributed by atoms with Crippen molar-refractivity contribution in [1.29, 1.82) is 0 Å². The normalized spacial score (nSPS) is 10.4. The summed E-state index contributed by atoms with van der Waals surface area (Å²) >= 11 is 5.11. The maximum atomic E-state index is 10.5. The molecule has 4 nitrogen and oxygen atoms in total. The molecule has 1 heterocycles. The van der Waals surface area contributed by atoms with E-state index in [0.717, 1.165) is 15.1 Å². The van der Waals surface area contributed by atoms with E-state index in [1.54, 1.807) is 23.5 Å². The van der Waals surface area contributed by atoms with Gasteiger partial charge in [-0.25, -0.2) is 4.79 Å². The molecule has 0 saturated heterocycles. The lowest BCUT2D eigenvalue weighted by Crippen LogP contribution is -2.10. The number of carboxylic acids is 1. The number of benzene rings is 1. The molecule has 0 spiro atoms. The first-order valence-electron chi connectivity index (χ1n) is 6.28. The van der Waals surface area contributed by atoms with Gasteiger partial charge in [0.15, 0.2) is 6.61 Å². The van der Waals surface area contributed by atoms with Gasteiger partial charge in [-0.1, -0.05) is 0 Å². The Morgan fingerprint density at radius 2 is 2.00 bits per heavy atom. The summed E-state index contributed by atoms with van der Waals surface area (Å²) in [6.45, 7) is 4.07. The van der Waals surface area contributed by atoms with Crippen LogP contribution in [0.3, 0.4) is 0 Å². The second kappa shape index (κ2) is 6.95. The first-order chi connectivity index (χ1) is 9.95. The van der Waals surface area contributed by atoms with Gasteiger partial charge in [-0.3, -0.25) is 0 Å². The van der Waals surface area contributed by atoms with Crippen LogP contribution in [0.1, 0.15) is 16.0 Å². The number of ether oxygens (including phenoxy) is 2. The van der Waals surface area contributed by atoms with E-state index in [-0.39, 0.29) is 6.61 Å². The molecule has 2 aromatic rings. The van der Waals surface area contributed by atoms with Crippen molar-refractivity contribution in [3.63, 3.8) is 0 Å². The van der Waals surface area contributed by atoms with E-state index in [9.17, 15) is 4.79 Å². The molecule has 1 N–H and O–H groups in total. The van der Waals surface area contributed by atoms with Crippen molar-refractivity contribution in [2.75, 3.05) is 6.61 Å². The van der Waals surface area contributed by atoms with Crippen LogP contribution in [0.5, 0.6) is 11.5 Å². The molecule has 1 aromatic heterocycles. The van der Waals surface area contributed by atoms with E-state index >= 15 is 0 Å². The molecule has 0 aliphatic carbocycles. The molecule has 6 heteroatoms. The number of rotatable bonds is 6. The molecule has 0 amide bonds. The smallest absolute Gasteiger partial charge is 0.341 e. The Hall–Kier alpha value is -1.53. The Bertz CT molecular complexity index is 651. The Kier molecular flexibility index (Phi) is 5.25. The van der Waals surface area contributed by atoms with Crippen LogP contribution in [-0.2, 0) is 11.4 Å². The quantitative estimate of drug-likeness (QED) is 0.828. The molecule has 0 bridgehead atoms. The molecule has 0 saturated carbocycles. The minimum Gasteiger partial charge on any atom is -0.488 e. The molecule has 0 aliphatic rings. The Morgan fingerprint density at radius 3 is 2.57 bits per heavy atom. The molecular weight excluding hydrogens is 356 g/mol. The van der Waals surface area contributed by atoms with Crippen molar-refractivity contribution in [1.82, 2.24) is 0 Å². The lowest BCUT2D eigenvalue weighted by Gasteiger charge is -2.10. The Morgan fingerprint density at radius 1 is 1.24 bits per heavy atom. The standard InChI is InChI=1S/C15H15BrO4S/c1-9-5-11(3-4-12(9)20-8-15(17)18)19-7-13-10(2)6-14(16)21-13/h3-6H,7-8H2,1-2H3,(H,17,18). The van der Waals surface area contributed by atoms with E-state index in [4.69, 9.17) is 14.6 Å². The molecule has 112 valence electrons. The van der Waals surface area contributed by atoms with Crippen LogP contribution in [-0.4, -0.2) is 17.7 Å². The molecular formula is C15H15BrO4S. The number of carbonyl (C=O) groups is 1. The highest BCUT2D eigenvalue weighted by atomic mass is 79.9. The second-order valence-corrected chi connectivity index (χ2v) is 7.07. The van der Waals surface area contributed by atoms with Crippen molar-refractivity contribution in [3.8, 4) is 11.5 Å². The highest BCUT2D eigenvalue weighted by Gasteiger charge is 2.07. The van der Waals surface area contributed by atoms with Crippen molar-refractivity contribution >= 4 is 33.2 Å². The van der Waals surface area contributed by atoms with Crippen LogP contribution in [0.2, 0.25) is 0 Å². The Balaban J connectivity index is 2.00. The van der Waals surface area contributed by atoms with Gasteiger partial charge in [0.05, 0.1) is 3.79 Å². The minimum atomic E-state index is -0.992. The fraction of sp³-hybridized carbons (Fsp3) is 0.267. The third-order valence-electron chi connectivity index (χ3n) is 2.86. The summed E-state index contributed by atoms with van der Waals surface area (Å²) < 4.78 is 12.0. The van der Waals surface area contributed by atoms with E-state index in [2.05, 4.69) is 22.0 Å². The predicted molar refractivity (Wildman–Crippen MR) is 85.4 cm³/mol. The summed E-state index contributed by atoms with van der Waals surface area (Å²) in [4.78, 5) is 11.7. The summed E-state index contributed by atoms with van der Waals surface area (Å²) in [5, 5.41) is 8.61. The lowest BCUT2D eigenvalue weighted by atomic mass is 10.2. The highest BCUT2D eigenvalue weighted by molar-refractivity contribution is 9.11. The third kappa shape index (κ3) is 4.47. The van der Waals surface area contributed by atoms with Gasteiger partial charge in [-0.05, 0) is 65.2 Å². The number of hydrogen-bond donors (Lipinski definition) is 1. The van der Waals surface area contributed by atoms with Crippen LogP contribution in [0.4, 0.5) is 0 Å². The van der Waals surface area contributed by atoms with Crippen LogP contribution in [0, 0.1) is 13.8 Å². The van der Waals surface area contributed by atoms with Gasteiger partial charge in [-0.2, -0.15) is 0 Å². The van der Waals surface area contributed by atoms with Crippen molar-refractivity contribution in [3.05, 3.63) is 44.1 Å². The summed E-state index contributed by atoms with van der Waals surface area (Å²) in [6.07, 6.45) is 0. The van der Waals surface area contributed by atoms with Crippen LogP contribution in [0.25, 0.3) is 0 Å². The minimum absolute atomic E-state index is 0.344.